The van der Waals surface area contributed by atoms with E-state index >= 15 is 0 Å². The lowest BCUT2D eigenvalue weighted by molar-refractivity contribution is 0.0497. The lowest BCUT2D eigenvalue weighted by Crippen LogP contribution is -2.42. The molecule has 2 heterocycles. The molecule has 1 N–H and O–H groups in total. The van der Waals surface area contributed by atoms with Crippen molar-refractivity contribution in [2.75, 3.05) is 19.8 Å². The SMILES string of the molecule is Fc1cccc(C2(CNCc3cnn(Cc4ccccc4)c3)CCOCC2)c1. The third-order valence-corrected chi connectivity index (χ3v) is 5.55. The van der Waals surface area contributed by atoms with Gasteiger partial charge in [-0.25, -0.2) is 4.39 Å². The Morgan fingerprint density at radius 2 is 1.86 bits per heavy atom. The first-order valence-corrected chi connectivity index (χ1v) is 9.83. The molecule has 0 amide bonds. The molecule has 1 saturated heterocycles. The summed E-state index contributed by atoms with van der Waals surface area (Å²) in [6, 6.07) is 17.3. The Hall–Kier alpha value is -2.50. The van der Waals surface area contributed by atoms with Crippen LogP contribution in [0.25, 0.3) is 0 Å². The highest BCUT2D eigenvalue weighted by Crippen LogP contribution is 2.34. The number of benzene rings is 2. The zero-order valence-electron chi connectivity index (χ0n) is 16.0. The van der Waals surface area contributed by atoms with Crippen LogP contribution in [0.1, 0.15) is 29.5 Å². The molecule has 0 atom stereocenters. The van der Waals surface area contributed by atoms with Crippen molar-refractivity contribution in [1.82, 2.24) is 15.1 Å². The Bertz CT molecular complexity index is 888. The van der Waals surface area contributed by atoms with Crippen molar-refractivity contribution in [1.29, 1.82) is 0 Å². The minimum Gasteiger partial charge on any atom is -0.381 e. The lowest BCUT2D eigenvalue weighted by atomic mass is 9.74. The highest BCUT2D eigenvalue weighted by atomic mass is 19.1. The summed E-state index contributed by atoms with van der Waals surface area (Å²) in [7, 11) is 0. The molecule has 28 heavy (non-hydrogen) atoms. The van der Waals surface area contributed by atoms with Crippen LogP contribution in [-0.4, -0.2) is 29.5 Å². The highest BCUT2D eigenvalue weighted by molar-refractivity contribution is 5.27. The fourth-order valence-corrected chi connectivity index (χ4v) is 3.95. The first-order chi connectivity index (χ1) is 13.7. The normalized spacial score (nSPS) is 16.2. The van der Waals surface area contributed by atoms with E-state index in [4.69, 9.17) is 4.74 Å². The number of aromatic nitrogens is 2. The fraction of sp³-hybridized carbons (Fsp3) is 0.348. The van der Waals surface area contributed by atoms with Crippen molar-refractivity contribution in [2.45, 2.75) is 31.3 Å². The maximum absolute atomic E-state index is 13.8. The van der Waals surface area contributed by atoms with Gasteiger partial charge in [0.1, 0.15) is 5.82 Å². The predicted molar refractivity (Wildman–Crippen MR) is 108 cm³/mol. The standard InChI is InChI=1S/C23H26FN3O/c24-22-8-4-7-21(13-22)23(9-11-28-12-10-23)18-25-14-20-15-26-27(17-20)16-19-5-2-1-3-6-19/h1-8,13,15,17,25H,9-12,14,16,18H2. The van der Waals surface area contributed by atoms with Crippen molar-refractivity contribution in [3.05, 3.63) is 89.5 Å². The van der Waals surface area contributed by atoms with E-state index in [1.807, 2.05) is 35.1 Å². The maximum Gasteiger partial charge on any atom is 0.123 e. The first kappa shape index (κ1) is 18.8. The summed E-state index contributed by atoms with van der Waals surface area (Å²) in [5, 5.41) is 8.05. The fourth-order valence-electron chi connectivity index (χ4n) is 3.95. The van der Waals surface area contributed by atoms with Crippen LogP contribution in [0.5, 0.6) is 0 Å². The quantitative estimate of drug-likeness (QED) is 0.677. The van der Waals surface area contributed by atoms with Gasteiger partial charge in [0.25, 0.3) is 0 Å². The van der Waals surface area contributed by atoms with Gasteiger partial charge in [0.05, 0.1) is 12.7 Å². The van der Waals surface area contributed by atoms with E-state index in [1.165, 1.54) is 11.6 Å². The summed E-state index contributed by atoms with van der Waals surface area (Å²) in [5.74, 6) is -0.175. The number of rotatable bonds is 7. The summed E-state index contributed by atoms with van der Waals surface area (Å²) in [5.41, 5.74) is 3.36. The average Bonchev–Trinajstić information content (AvgIpc) is 3.17. The molecule has 0 spiro atoms. The van der Waals surface area contributed by atoms with Crippen molar-refractivity contribution < 1.29 is 9.13 Å². The Kier molecular flexibility index (Phi) is 5.84. The van der Waals surface area contributed by atoms with Crippen molar-refractivity contribution in [3.8, 4) is 0 Å². The van der Waals surface area contributed by atoms with Crippen LogP contribution < -0.4 is 5.32 Å². The maximum atomic E-state index is 13.8. The van der Waals surface area contributed by atoms with E-state index in [0.717, 1.165) is 43.6 Å². The number of hydrogen-bond donors (Lipinski definition) is 1. The molecule has 0 radical (unpaired) electrons. The van der Waals surface area contributed by atoms with E-state index in [0.29, 0.717) is 13.2 Å². The van der Waals surface area contributed by atoms with Gasteiger partial charge in [0.15, 0.2) is 0 Å². The first-order valence-electron chi connectivity index (χ1n) is 9.83. The van der Waals surface area contributed by atoms with Gasteiger partial charge < -0.3 is 10.1 Å². The Balaban J connectivity index is 1.39. The minimum absolute atomic E-state index is 0.0830. The summed E-state index contributed by atoms with van der Waals surface area (Å²) < 4.78 is 21.3. The molecule has 4 nitrogen and oxygen atoms in total. The molecule has 0 aliphatic carbocycles. The second kappa shape index (κ2) is 8.67. The summed E-state index contributed by atoms with van der Waals surface area (Å²) >= 11 is 0. The zero-order chi connectivity index (χ0) is 19.2. The number of nitrogens with one attached hydrogen (secondary N) is 1. The molecule has 0 unspecified atom stereocenters. The van der Waals surface area contributed by atoms with Crippen LogP contribution in [-0.2, 0) is 23.2 Å². The topological polar surface area (TPSA) is 39.1 Å². The van der Waals surface area contributed by atoms with E-state index in [2.05, 4.69) is 28.7 Å². The van der Waals surface area contributed by atoms with Gasteiger partial charge in [0.2, 0.25) is 0 Å². The van der Waals surface area contributed by atoms with Crippen LogP contribution in [0, 0.1) is 5.82 Å². The lowest BCUT2D eigenvalue weighted by Gasteiger charge is -2.38. The summed E-state index contributed by atoms with van der Waals surface area (Å²) in [6.07, 6.45) is 5.79. The van der Waals surface area contributed by atoms with Crippen molar-refractivity contribution >= 4 is 0 Å². The molecule has 0 bridgehead atoms. The van der Waals surface area contributed by atoms with Crippen LogP contribution in [0.15, 0.2) is 67.0 Å². The van der Waals surface area contributed by atoms with Gasteiger partial charge in [-0.1, -0.05) is 42.5 Å². The van der Waals surface area contributed by atoms with Gasteiger partial charge >= 0.3 is 0 Å². The van der Waals surface area contributed by atoms with Gasteiger partial charge in [0, 0.05) is 43.5 Å². The van der Waals surface area contributed by atoms with Gasteiger partial charge in [-0.3, -0.25) is 4.68 Å². The van der Waals surface area contributed by atoms with Crippen LogP contribution in [0.3, 0.4) is 0 Å². The summed E-state index contributed by atoms with van der Waals surface area (Å²) in [4.78, 5) is 0. The molecule has 1 fully saturated rings. The number of hydrogen-bond acceptors (Lipinski definition) is 3. The van der Waals surface area contributed by atoms with Crippen LogP contribution in [0.4, 0.5) is 4.39 Å². The average molecular weight is 379 g/mol. The molecule has 0 saturated carbocycles. The zero-order valence-corrected chi connectivity index (χ0v) is 16.0. The van der Waals surface area contributed by atoms with E-state index < -0.39 is 0 Å². The highest BCUT2D eigenvalue weighted by Gasteiger charge is 2.34. The van der Waals surface area contributed by atoms with E-state index in [1.54, 1.807) is 12.1 Å². The van der Waals surface area contributed by atoms with Crippen molar-refractivity contribution in [2.24, 2.45) is 0 Å². The Morgan fingerprint density at radius 3 is 2.64 bits per heavy atom. The molecule has 5 heteroatoms. The molecule has 2 aromatic carbocycles. The Morgan fingerprint density at radius 1 is 1.04 bits per heavy atom. The molecule has 1 aliphatic rings. The molecular weight excluding hydrogens is 353 g/mol. The van der Waals surface area contributed by atoms with Crippen LogP contribution in [0.2, 0.25) is 0 Å². The van der Waals surface area contributed by atoms with Gasteiger partial charge in [-0.15, -0.1) is 0 Å². The predicted octanol–water partition coefficient (Wildman–Crippen LogP) is 3.91. The monoisotopic (exact) mass is 379 g/mol. The second-order valence-electron chi connectivity index (χ2n) is 7.54. The third-order valence-electron chi connectivity index (χ3n) is 5.55. The molecule has 1 aliphatic heterocycles. The summed E-state index contributed by atoms with van der Waals surface area (Å²) in [6.45, 7) is 3.74. The third kappa shape index (κ3) is 4.49. The number of nitrogens with zero attached hydrogens (tertiary/aromatic N) is 2. The smallest absolute Gasteiger partial charge is 0.123 e. The second-order valence-corrected chi connectivity index (χ2v) is 7.54. The van der Waals surface area contributed by atoms with E-state index in [-0.39, 0.29) is 11.2 Å². The minimum atomic E-state index is -0.175. The molecule has 1 aromatic heterocycles. The van der Waals surface area contributed by atoms with Crippen LogP contribution >= 0.6 is 0 Å². The van der Waals surface area contributed by atoms with Gasteiger partial charge in [-0.05, 0) is 36.1 Å². The number of halogens is 1. The Labute approximate surface area is 165 Å². The molecule has 3 aromatic rings. The molecule has 146 valence electrons. The number of ether oxygens (including phenoxy) is 1. The molecular formula is C23H26FN3O. The van der Waals surface area contributed by atoms with E-state index in [9.17, 15) is 4.39 Å². The largest absolute Gasteiger partial charge is 0.381 e. The van der Waals surface area contributed by atoms with Crippen molar-refractivity contribution in [3.63, 3.8) is 0 Å². The molecule has 4 rings (SSSR count). The van der Waals surface area contributed by atoms with Gasteiger partial charge in [-0.2, -0.15) is 5.10 Å².